The van der Waals surface area contributed by atoms with Gasteiger partial charge in [0.2, 0.25) is 11.8 Å². The second kappa shape index (κ2) is 7.82. The van der Waals surface area contributed by atoms with Crippen LogP contribution in [0.2, 0.25) is 5.02 Å². The van der Waals surface area contributed by atoms with Crippen molar-refractivity contribution < 1.29 is 13.9 Å². The molecule has 0 unspecified atom stereocenters. The molecule has 6 nitrogen and oxygen atoms in total. The topological polar surface area (TPSA) is 67.6 Å². The summed E-state index contributed by atoms with van der Waals surface area (Å²) in [6.45, 7) is 2.73. The van der Waals surface area contributed by atoms with E-state index in [1.165, 1.54) is 6.08 Å². The number of carbonyl (C=O) groups is 1. The lowest BCUT2D eigenvalue weighted by atomic mass is 10.2. The Balaban J connectivity index is 1.51. The monoisotopic (exact) mass is 383 g/mol. The number of hydrogen-bond acceptors (Lipinski definition) is 5. The van der Waals surface area contributed by atoms with Gasteiger partial charge in [0.25, 0.3) is 0 Å². The van der Waals surface area contributed by atoms with Crippen LogP contribution in [0.4, 0.5) is 11.4 Å². The van der Waals surface area contributed by atoms with Gasteiger partial charge in [-0.25, -0.2) is 4.98 Å². The molecular formula is C20H18ClN3O3. The second-order valence-corrected chi connectivity index (χ2v) is 6.49. The number of hydrogen-bond donors (Lipinski definition) is 1. The lowest BCUT2D eigenvalue weighted by Crippen LogP contribution is -2.37. The van der Waals surface area contributed by atoms with Gasteiger partial charge in [-0.1, -0.05) is 29.8 Å². The third-order valence-electron chi connectivity index (χ3n) is 4.26. The van der Waals surface area contributed by atoms with Gasteiger partial charge in [0, 0.05) is 25.2 Å². The van der Waals surface area contributed by atoms with Crippen LogP contribution >= 0.6 is 11.6 Å². The van der Waals surface area contributed by atoms with Crippen LogP contribution in [0.5, 0.6) is 0 Å². The molecule has 138 valence electrons. The molecular weight excluding hydrogens is 366 g/mol. The molecule has 0 bridgehead atoms. The van der Waals surface area contributed by atoms with E-state index in [2.05, 4.69) is 15.2 Å². The van der Waals surface area contributed by atoms with Gasteiger partial charge in [-0.15, -0.1) is 0 Å². The van der Waals surface area contributed by atoms with Crippen LogP contribution in [0, 0.1) is 0 Å². The third-order valence-corrected chi connectivity index (χ3v) is 4.56. The lowest BCUT2D eigenvalue weighted by molar-refractivity contribution is -0.111. The second-order valence-electron chi connectivity index (χ2n) is 6.08. The maximum absolute atomic E-state index is 12.4. The van der Waals surface area contributed by atoms with Gasteiger partial charge in [0.15, 0.2) is 5.58 Å². The number of fused-ring (bicyclic) bond motifs is 1. The van der Waals surface area contributed by atoms with Gasteiger partial charge in [-0.3, -0.25) is 4.79 Å². The average molecular weight is 384 g/mol. The first-order valence-electron chi connectivity index (χ1n) is 8.66. The van der Waals surface area contributed by atoms with Crippen LogP contribution in [0.25, 0.3) is 17.2 Å². The van der Waals surface area contributed by atoms with Gasteiger partial charge in [0.1, 0.15) is 5.52 Å². The average Bonchev–Trinajstić information content (AvgIpc) is 3.10. The lowest BCUT2D eigenvalue weighted by Gasteiger charge is -2.31. The van der Waals surface area contributed by atoms with E-state index in [-0.39, 0.29) is 5.91 Å². The highest BCUT2D eigenvalue weighted by atomic mass is 35.5. The minimum absolute atomic E-state index is 0.283. The predicted octanol–water partition coefficient (Wildman–Crippen LogP) is 3.97. The Morgan fingerprint density at radius 1 is 1.15 bits per heavy atom. The number of benzene rings is 2. The van der Waals surface area contributed by atoms with Gasteiger partial charge in [-0.2, -0.15) is 0 Å². The number of ether oxygens (including phenoxy) is 1. The Kier molecular flexibility index (Phi) is 5.09. The first-order valence-corrected chi connectivity index (χ1v) is 9.04. The highest BCUT2D eigenvalue weighted by Gasteiger charge is 2.18. The fourth-order valence-corrected chi connectivity index (χ4v) is 3.30. The molecule has 1 aromatic heterocycles. The van der Waals surface area contributed by atoms with Crippen LogP contribution in [0.1, 0.15) is 5.89 Å². The molecule has 3 aromatic rings. The Morgan fingerprint density at radius 3 is 2.78 bits per heavy atom. The molecule has 1 aliphatic heterocycles. The summed E-state index contributed by atoms with van der Waals surface area (Å²) in [4.78, 5) is 18.8. The predicted molar refractivity (Wildman–Crippen MR) is 106 cm³/mol. The number of oxazole rings is 1. The van der Waals surface area contributed by atoms with E-state index in [0.29, 0.717) is 35.4 Å². The zero-order chi connectivity index (χ0) is 18.6. The number of carbonyl (C=O) groups excluding carboxylic acids is 1. The van der Waals surface area contributed by atoms with Crippen molar-refractivity contribution in [2.24, 2.45) is 0 Å². The molecule has 1 amide bonds. The summed E-state index contributed by atoms with van der Waals surface area (Å²) in [5.74, 6) is 0.0971. The molecule has 1 aliphatic rings. The van der Waals surface area contributed by atoms with Crippen molar-refractivity contribution in [1.29, 1.82) is 0 Å². The van der Waals surface area contributed by atoms with Crippen molar-refractivity contribution in [2.45, 2.75) is 0 Å². The zero-order valence-electron chi connectivity index (χ0n) is 14.5. The van der Waals surface area contributed by atoms with Crippen LogP contribution in [0.15, 0.2) is 53.0 Å². The van der Waals surface area contributed by atoms with E-state index >= 15 is 0 Å². The van der Waals surface area contributed by atoms with E-state index in [0.717, 1.165) is 24.3 Å². The van der Waals surface area contributed by atoms with Gasteiger partial charge < -0.3 is 19.4 Å². The molecule has 0 aliphatic carbocycles. The molecule has 27 heavy (non-hydrogen) atoms. The van der Waals surface area contributed by atoms with E-state index in [1.807, 2.05) is 42.5 Å². The largest absolute Gasteiger partial charge is 0.437 e. The molecule has 0 saturated carbocycles. The standard InChI is InChI=1S/C20H18ClN3O3/c21-14-4-3-6-16(20(14)24-10-12-26-13-11-24)22-18(25)8-9-19-23-15-5-1-2-7-17(15)27-19/h1-9H,10-13H2,(H,22,25). The molecule has 0 spiro atoms. The first-order chi connectivity index (χ1) is 13.2. The van der Waals surface area contributed by atoms with Crippen molar-refractivity contribution in [1.82, 2.24) is 4.98 Å². The molecule has 2 aromatic carbocycles. The minimum atomic E-state index is -0.283. The van der Waals surface area contributed by atoms with Crippen molar-refractivity contribution in [3.8, 4) is 0 Å². The Morgan fingerprint density at radius 2 is 1.96 bits per heavy atom. The highest BCUT2D eigenvalue weighted by molar-refractivity contribution is 6.34. The molecule has 2 heterocycles. The number of nitrogens with one attached hydrogen (secondary N) is 1. The van der Waals surface area contributed by atoms with E-state index in [4.69, 9.17) is 20.8 Å². The Labute approximate surface area is 161 Å². The number of para-hydroxylation sites is 3. The first kappa shape index (κ1) is 17.6. The molecule has 1 fully saturated rings. The number of amides is 1. The number of halogens is 1. The fourth-order valence-electron chi connectivity index (χ4n) is 3.01. The van der Waals surface area contributed by atoms with Gasteiger partial charge in [0.05, 0.1) is 29.6 Å². The summed E-state index contributed by atoms with van der Waals surface area (Å²) < 4.78 is 11.0. The molecule has 0 radical (unpaired) electrons. The smallest absolute Gasteiger partial charge is 0.248 e. The highest BCUT2D eigenvalue weighted by Crippen LogP contribution is 2.34. The quantitative estimate of drug-likeness (QED) is 0.690. The van der Waals surface area contributed by atoms with Crippen molar-refractivity contribution in [3.63, 3.8) is 0 Å². The normalized spacial score (nSPS) is 14.8. The van der Waals surface area contributed by atoms with Crippen LogP contribution in [-0.2, 0) is 9.53 Å². The summed E-state index contributed by atoms with van der Waals surface area (Å²) in [7, 11) is 0. The van der Waals surface area contributed by atoms with E-state index in [1.54, 1.807) is 6.08 Å². The van der Waals surface area contributed by atoms with Gasteiger partial charge in [-0.05, 0) is 24.3 Å². The summed E-state index contributed by atoms with van der Waals surface area (Å²) in [6.07, 6.45) is 2.95. The maximum Gasteiger partial charge on any atom is 0.248 e. The van der Waals surface area contributed by atoms with Crippen LogP contribution in [0.3, 0.4) is 0 Å². The van der Waals surface area contributed by atoms with Crippen molar-refractivity contribution in [3.05, 3.63) is 59.5 Å². The van der Waals surface area contributed by atoms with Crippen LogP contribution < -0.4 is 10.2 Å². The molecule has 1 saturated heterocycles. The molecule has 0 atom stereocenters. The summed E-state index contributed by atoms with van der Waals surface area (Å²) in [5, 5.41) is 3.49. The number of rotatable bonds is 4. The van der Waals surface area contributed by atoms with Crippen molar-refractivity contribution >= 4 is 46.1 Å². The van der Waals surface area contributed by atoms with E-state index in [9.17, 15) is 4.79 Å². The van der Waals surface area contributed by atoms with Crippen molar-refractivity contribution in [2.75, 3.05) is 36.5 Å². The zero-order valence-corrected chi connectivity index (χ0v) is 15.3. The summed E-state index contributed by atoms with van der Waals surface area (Å²) in [5.41, 5.74) is 2.91. The third kappa shape index (κ3) is 3.97. The SMILES string of the molecule is O=C(C=Cc1nc2ccccc2o1)Nc1cccc(Cl)c1N1CCOCC1. The maximum atomic E-state index is 12.4. The minimum Gasteiger partial charge on any atom is -0.437 e. The Bertz CT molecular complexity index is 960. The number of morpholine rings is 1. The Hall–Kier alpha value is -2.83. The molecule has 7 heteroatoms. The number of anilines is 2. The summed E-state index contributed by atoms with van der Waals surface area (Å²) >= 11 is 6.39. The summed E-state index contributed by atoms with van der Waals surface area (Å²) in [6, 6.07) is 12.9. The fraction of sp³-hybridized carbons (Fsp3) is 0.200. The van der Waals surface area contributed by atoms with E-state index < -0.39 is 0 Å². The number of aromatic nitrogens is 1. The molecule has 4 rings (SSSR count). The number of nitrogens with zero attached hydrogens (tertiary/aromatic N) is 2. The van der Waals surface area contributed by atoms with Gasteiger partial charge >= 0.3 is 0 Å². The van der Waals surface area contributed by atoms with Crippen LogP contribution in [-0.4, -0.2) is 37.2 Å². The molecule has 1 N–H and O–H groups in total.